The van der Waals surface area contributed by atoms with Gasteiger partial charge in [0, 0.05) is 37.4 Å². The van der Waals surface area contributed by atoms with Gasteiger partial charge in [-0.2, -0.15) is 0 Å². The van der Waals surface area contributed by atoms with Crippen molar-refractivity contribution in [2.75, 3.05) is 13.1 Å². The Labute approximate surface area is 183 Å². The lowest BCUT2D eigenvalue weighted by molar-refractivity contribution is -0.132. The molecule has 1 aliphatic heterocycles. The van der Waals surface area contributed by atoms with E-state index in [0.29, 0.717) is 30.4 Å². The number of aryl methyl sites for hydroxylation is 1. The molecule has 31 heavy (non-hydrogen) atoms. The van der Waals surface area contributed by atoms with Crippen LogP contribution >= 0.6 is 11.3 Å². The second-order valence-electron chi connectivity index (χ2n) is 7.80. The highest BCUT2D eigenvalue weighted by Gasteiger charge is 2.26. The van der Waals surface area contributed by atoms with E-state index in [2.05, 4.69) is 17.1 Å². The summed E-state index contributed by atoms with van der Waals surface area (Å²) in [6.45, 7) is 1.51. The minimum atomic E-state index is -0.291. The maximum atomic E-state index is 13.1. The number of hydrogen-bond acceptors (Lipinski definition) is 5. The number of para-hydroxylation sites is 1. The zero-order valence-electron chi connectivity index (χ0n) is 17.0. The Balaban J connectivity index is 1.14. The van der Waals surface area contributed by atoms with Crippen molar-refractivity contribution in [1.29, 1.82) is 0 Å². The summed E-state index contributed by atoms with van der Waals surface area (Å²) in [5.41, 5.74) is 1.83. The van der Waals surface area contributed by atoms with Gasteiger partial charge < -0.3 is 9.32 Å². The molecule has 0 radical (unpaired) electrons. The lowest BCUT2D eigenvalue weighted by atomic mass is 9.97. The van der Waals surface area contributed by atoms with Crippen LogP contribution in [0.5, 0.6) is 0 Å². The Morgan fingerprint density at radius 1 is 1.13 bits per heavy atom. The van der Waals surface area contributed by atoms with E-state index in [1.54, 1.807) is 29.7 Å². The Hall–Kier alpha value is -3.06. The van der Waals surface area contributed by atoms with E-state index in [1.165, 1.54) is 21.8 Å². The van der Waals surface area contributed by atoms with Gasteiger partial charge in [0.1, 0.15) is 5.82 Å². The van der Waals surface area contributed by atoms with E-state index in [9.17, 15) is 9.18 Å². The average Bonchev–Trinajstić information content (AvgIpc) is 3.45. The number of hydrogen-bond donors (Lipinski definition) is 0. The van der Waals surface area contributed by atoms with Crippen molar-refractivity contribution in [2.45, 2.75) is 31.6 Å². The van der Waals surface area contributed by atoms with E-state index >= 15 is 0 Å². The highest BCUT2D eigenvalue weighted by molar-refractivity contribution is 7.18. The number of amides is 1. The predicted octanol–water partition coefficient (Wildman–Crippen LogP) is 5.43. The molecule has 1 fully saturated rings. The number of piperidine rings is 1. The zero-order chi connectivity index (χ0) is 21.2. The van der Waals surface area contributed by atoms with Gasteiger partial charge in [-0.15, -0.1) is 11.3 Å². The van der Waals surface area contributed by atoms with Crippen molar-refractivity contribution in [3.8, 4) is 11.3 Å². The third-order valence-electron chi connectivity index (χ3n) is 5.74. The lowest BCUT2D eigenvalue weighted by Crippen LogP contribution is -2.38. The van der Waals surface area contributed by atoms with Crippen molar-refractivity contribution in [3.05, 3.63) is 71.4 Å². The third kappa shape index (κ3) is 4.37. The van der Waals surface area contributed by atoms with Gasteiger partial charge >= 0.3 is 0 Å². The molecule has 0 saturated carbocycles. The minimum Gasteiger partial charge on any atom is -0.441 e. The summed E-state index contributed by atoms with van der Waals surface area (Å²) in [5.74, 6) is 1.37. The molecule has 2 aromatic heterocycles. The van der Waals surface area contributed by atoms with Crippen LogP contribution in [0.3, 0.4) is 0 Å². The second kappa shape index (κ2) is 8.59. The van der Waals surface area contributed by atoms with Gasteiger partial charge in [-0.3, -0.25) is 4.79 Å². The normalized spacial score (nSPS) is 14.9. The van der Waals surface area contributed by atoms with Crippen LogP contribution in [0.1, 0.15) is 36.1 Å². The topological polar surface area (TPSA) is 59.2 Å². The molecule has 5 nitrogen and oxygen atoms in total. The molecule has 5 rings (SSSR count). The molecule has 0 N–H and O–H groups in total. The van der Waals surface area contributed by atoms with E-state index in [-0.39, 0.29) is 11.7 Å². The van der Waals surface area contributed by atoms with Gasteiger partial charge in [0.05, 0.1) is 21.4 Å². The number of oxazole rings is 1. The molecule has 7 heteroatoms. The Morgan fingerprint density at radius 2 is 1.90 bits per heavy atom. The SMILES string of the molecule is O=C(CCc1ncc(-c2ccc(F)cc2)o1)N1CCC(c2nc3ccccc3s2)CC1. The van der Waals surface area contributed by atoms with Crippen molar-refractivity contribution in [3.63, 3.8) is 0 Å². The van der Waals surface area contributed by atoms with E-state index < -0.39 is 0 Å². The molecule has 1 aliphatic rings. The van der Waals surface area contributed by atoms with Crippen molar-refractivity contribution in [1.82, 2.24) is 14.9 Å². The summed E-state index contributed by atoms with van der Waals surface area (Å²) in [7, 11) is 0. The standard InChI is InChI=1S/C24H22FN3O2S/c25-18-7-5-16(6-8-18)20-15-26-22(30-20)9-10-23(29)28-13-11-17(12-14-28)24-27-19-3-1-2-4-21(19)31-24/h1-8,15,17H,9-14H2. The molecule has 0 aliphatic carbocycles. The number of carbonyl (C=O) groups is 1. The summed E-state index contributed by atoms with van der Waals surface area (Å²) in [5, 5.41) is 1.18. The fourth-order valence-corrected chi connectivity index (χ4v) is 5.12. The first-order valence-electron chi connectivity index (χ1n) is 10.5. The number of rotatable bonds is 5. The fourth-order valence-electron chi connectivity index (χ4n) is 3.99. The number of halogens is 1. The number of carbonyl (C=O) groups excluding carboxylic acids is 1. The average molecular weight is 436 g/mol. The Kier molecular flexibility index (Phi) is 5.51. The summed E-state index contributed by atoms with van der Waals surface area (Å²) >= 11 is 1.77. The van der Waals surface area contributed by atoms with Crippen molar-refractivity contribution < 1.29 is 13.6 Å². The van der Waals surface area contributed by atoms with Gasteiger partial charge in [0.2, 0.25) is 5.91 Å². The van der Waals surface area contributed by atoms with Gasteiger partial charge in [0.15, 0.2) is 11.7 Å². The van der Waals surface area contributed by atoms with Crippen LogP contribution < -0.4 is 0 Å². The largest absolute Gasteiger partial charge is 0.441 e. The fraction of sp³-hybridized carbons (Fsp3) is 0.292. The maximum Gasteiger partial charge on any atom is 0.223 e. The van der Waals surface area contributed by atoms with Crippen LogP contribution in [-0.4, -0.2) is 33.9 Å². The van der Waals surface area contributed by atoms with Crippen LogP contribution in [0.4, 0.5) is 4.39 Å². The zero-order valence-corrected chi connectivity index (χ0v) is 17.8. The summed E-state index contributed by atoms with van der Waals surface area (Å²) < 4.78 is 20.0. The first kappa shape index (κ1) is 19.9. The molecular weight excluding hydrogens is 413 g/mol. The number of benzene rings is 2. The lowest BCUT2D eigenvalue weighted by Gasteiger charge is -2.31. The van der Waals surface area contributed by atoms with E-state index in [4.69, 9.17) is 9.40 Å². The molecule has 4 aromatic rings. The van der Waals surface area contributed by atoms with Gasteiger partial charge in [-0.05, 0) is 49.2 Å². The summed E-state index contributed by atoms with van der Waals surface area (Å²) in [6.07, 6.45) is 4.34. The number of likely N-dealkylation sites (tertiary alicyclic amines) is 1. The molecule has 0 bridgehead atoms. The molecule has 0 spiro atoms. The molecule has 3 heterocycles. The van der Waals surface area contributed by atoms with E-state index in [0.717, 1.165) is 37.0 Å². The smallest absolute Gasteiger partial charge is 0.223 e. The molecule has 0 atom stereocenters. The molecule has 0 unspecified atom stereocenters. The highest BCUT2D eigenvalue weighted by Crippen LogP contribution is 2.34. The van der Waals surface area contributed by atoms with Crippen LogP contribution in [0.25, 0.3) is 21.5 Å². The predicted molar refractivity (Wildman–Crippen MR) is 118 cm³/mol. The van der Waals surface area contributed by atoms with Crippen LogP contribution in [0.15, 0.2) is 59.1 Å². The first-order chi connectivity index (χ1) is 15.2. The first-order valence-corrected chi connectivity index (χ1v) is 11.3. The van der Waals surface area contributed by atoms with Gasteiger partial charge in [0.25, 0.3) is 0 Å². The number of aromatic nitrogens is 2. The van der Waals surface area contributed by atoms with Crippen LogP contribution in [0, 0.1) is 5.82 Å². The maximum absolute atomic E-state index is 13.1. The van der Waals surface area contributed by atoms with Gasteiger partial charge in [-0.1, -0.05) is 12.1 Å². The highest BCUT2D eigenvalue weighted by atomic mass is 32.1. The monoisotopic (exact) mass is 435 g/mol. The Bertz CT molecular complexity index is 1160. The van der Waals surface area contributed by atoms with Crippen LogP contribution in [-0.2, 0) is 11.2 Å². The molecule has 158 valence electrons. The number of fused-ring (bicyclic) bond motifs is 1. The summed E-state index contributed by atoms with van der Waals surface area (Å²) in [6, 6.07) is 14.3. The summed E-state index contributed by atoms with van der Waals surface area (Å²) in [4.78, 5) is 23.7. The molecule has 2 aromatic carbocycles. The van der Waals surface area contributed by atoms with Crippen LogP contribution in [0.2, 0.25) is 0 Å². The Morgan fingerprint density at radius 3 is 2.68 bits per heavy atom. The van der Waals surface area contributed by atoms with E-state index in [1.807, 2.05) is 17.0 Å². The minimum absolute atomic E-state index is 0.129. The quantitative estimate of drug-likeness (QED) is 0.419. The molecular formula is C24H22FN3O2S. The number of nitrogens with zero attached hydrogens (tertiary/aromatic N) is 3. The number of thiazole rings is 1. The molecule has 1 saturated heterocycles. The van der Waals surface area contributed by atoms with Gasteiger partial charge in [-0.25, -0.2) is 14.4 Å². The third-order valence-corrected chi connectivity index (χ3v) is 6.94. The van der Waals surface area contributed by atoms with Crippen molar-refractivity contribution in [2.24, 2.45) is 0 Å². The molecule has 1 amide bonds. The second-order valence-corrected chi connectivity index (χ2v) is 8.86. The van der Waals surface area contributed by atoms with Crippen molar-refractivity contribution >= 4 is 27.5 Å².